The van der Waals surface area contributed by atoms with Crippen molar-refractivity contribution in [3.05, 3.63) is 47.8 Å². The zero-order valence-corrected chi connectivity index (χ0v) is 19.6. The molecule has 0 bridgehead atoms. The van der Waals surface area contributed by atoms with E-state index in [2.05, 4.69) is 26.8 Å². The van der Waals surface area contributed by atoms with Crippen LogP contribution in [-0.4, -0.2) is 56.1 Å². The van der Waals surface area contributed by atoms with Crippen molar-refractivity contribution >= 4 is 17.1 Å². The number of nitriles is 1. The fourth-order valence-electron chi connectivity index (χ4n) is 4.16. The predicted molar refractivity (Wildman–Crippen MR) is 127 cm³/mol. The molecule has 0 spiro atoms. The second-order valence-corrected chi connectivity index (χ2v) is 9.46. The van der Waals surface area contributed by atoms with Crippen LogP contribution in [0.15, 0.2) is 36.7 Å². The van der Waals surface area contributed by atoms with Crippen molar-refractivity contribution in [2.45, 2.75) is 63.5 Å². The lowest BCUT2D eigenvalue weighted by Gasteiger charge is -2.27. The van der Waals surface area contributed by atoms with Crippen molar-refractivity contribution in [2.75, 3.05) is 11.9 Å². The second-order valence-electron chi connectivity index (χ2n) is 9.46. The van der Waals surface area contributed by atoms with Gasteiger partial charge in [-0.15, -0.1) is 0 Å². The normalized spacial score (nSPS) is 19.2. The maximum Gasteiger partial charge on any atom is 0.255 e. The quantitative estimate of drug-likeness (QED) is 0.472. The van der Waals surface area contributed by atoms with Gasteiger partial charge in [0.2, 0.25) is 0 Å². The van der Waals surface area contributed by atoms with Crippen LogP contribution in [0.5, 0.6) is 0 Å². The summed E-state index contributed by atoms with van der Waals surface area (Å²) in [5.74, 6) is -0.553. The number of alkyl halides is 2. The van der Waals surface area contributed by atoms with E-state index in [1.807, 2.05) is 12.1 Å². The number of aromatic nitrogens is 3. The van der Waals surface area contributed by atoms with Gasteiger partial charge in [0.15, 0.2) is 0 Å². The number of hydrogen-bond donors (Lipinski definition) is 3. The molecular weight excluding hydrogens is 454 g/mol. The Kier molecular flexibility index (Phi) is 6.98. The van der Waals surface area contributed by atoms with Gasteiger partial charge in [0.1, 0.15) is 18.4 Å². The molecule has 1 fully saturated rings. The number of carbonyl (C=O) groups is 1. The fourth-order valence-corrected chi connectivity index (χ4v) is 4.16. The van der Waals surface area contributed by atoms with E-state index >= 15 is 0 Å². The van der Waals surface area contributed by atoms with E-state index in [0.29, 0.717) is 41.0 Å². The van der Waals surface area contributed by atoms with Crippen molar-refractivity contribution in [3.63, 3.8) is 0 Å². The molecule has 1 unspecified atom stereocenters. The molecule has 184 valence electrons. The fraction of sp³-hybridized carbons (Fsp3) is 0.440. The third kappa shape index (κ3) is 5.57. The highest BCUT2D eigenvalue weighted by molar-refractivity contribution is 6.00. The number of fused-ring (bicyclic) bond motifs is 1. The predicted octanol–water partition coefficient (Wildman–Crippen LogP) is 3.80. The zero-order chi connectivity index (χ0) is 25.2. The third-order valence-electron chi connectivity index (χ3n) is 6.22. The Morgan fingerprint density at radius 2 is 2.14 bits per heavy atom. The molecule has 8 nitrogen and oxygen atoms in total. The standard InChI is InChI=1S/C25H28F2N6O2/c1-25(2,35)23(27)14-30-24(34)19-13-29-21(10-20(19)32-17-5-3-4-16(26)9-17)22-7-6-18-8-15(11-28)12-31-33(18)22/h6-8,10,12-13,16-17,23,35H,3-5,9,14H2,1-2H3,(H,29,32)(H,30,34)/t16?,17-,23+/m0/s1. The Labute approximate surface area is 202 Å². The van der Waals surface area contributed by atoms with Crippen LogP contribution < -0.4 is 10.6 Å². The van der Waals surface area contributed by atoms with Crippen LogP contribution >= 0.6 is 0 Å². The highest BCUT2D eigenvalue weighted by Gasteiger charge is 2.28. The number of halogens is 2. The molecule has 3 aromatic rings. The molecule has 1 aliphatic rings. The SMILES string of the molecule is CC(C)(O)[C@H](F)CNC(=O)c1cnc(-c2ccc3cc(C#N)cnn23)cc1N[C@H]1CCCC(F)C1. The summed E-state index contributed by atoms with van der Waals surface area (Å²) in [7, 11) is 0. The van der Waals surface area contributed by atoms with Crippen LogP contribution in [-0.2, 0) is 0 Å². The number of hydrogen-bond acceptors (Lipinski definition) is 6. The third-order valence-corrected chi connectivity index (χ3v) is 6.22. The summed E-state index contributed by atoms with van der Waals surface area (Å²) in [6.07, 6.45) is 2.63. The molecule has 35 heavy (non-hydrogen) atoms. The van der Waals surface area contributed by atoms with Gasteiger partial charge >= 0.3 is 0 Å². The van der Waals surface area contributed by atoms with Gasteiger partial charge < -0.3 is 15.7 Å². The first kappa shape index (κ1) is 24.5. The molecule has 1 amide bonds. The molecule has 1 saturated carbocycles. The van der Waals surface area contributed by atoms with Crippen LogP contribution in [0, 0.1) is 11.3 Å². The molecule has 3 atom stereocenters. The highest BCUT2D eigenvalue weighted by atomic mass is 19.1. The van der Waals surface area contributed by atoms with Gasteiger partial charge in [0.05, 0.1) is 52.1 Å². The van der Waals surface area contributed by atoms with Gasteiger partial charge in [0.25, 0.3) is 5.91 Å². The average Bonchev–Trinajstić information content (AvgIpc) is 3.25. The van der Waals surface area contributed by atoms with Crippen molar-refractivity contribution in [1.82, 2.24) is 19.9 Å². The molecule has 0 saturated heterocycles. The molecule has 4 rings (SSSR count). The summed E-state index contributed by atoms with van der Waals surface area (Å²) < 4.78 is 29.9. The summed E-state index contributed by atoms with van der Waals surface area (Å²) in [6.45, 7) is 2.30. The lowest BCUT2D eigenvalue weighted by Crippen LogP contribution is -2.42. The maximum atomic E-state index is 14.2. The number of pyridine rings is 1. The van der Waals surface area contributed by atoms with Gasteiger partial charge in [0, 0.05) is 12.2 Å². The van der Waals surface area contributed by atoms with Gasteiger partial charge in [-0.1, -0.05) is 0 Å². The minimum Gasteiger partial charge on any atom is -0.387 e. The van der Waals surface area contributed by atoms with Crippen LogP contribution in [0.25, 0.3) is 16.9 Å². The van der Waals surface area contributed by atoms with E-state index in [1.54, 1.807) is 16.6 Å². The Bertz CT molecular complexity index is 1260. The van der Waals surface area contributed by atoms with Crippen LogP contribution in [0.2, 0.25) is 0 Å². The Morgan fingerprint density at radius 1 is 1.34 bits per heavy atom. The van der Waals surface area contributed by atoms with Crippen LogP contribution in [0.1, 0.15) is 55.5 Å². The molecule has 1 aliphatic carbocycles. The van der Waals surface area contributed by atoms with Gasteiger partial charge in [-0.05, 0) is 63.8 Å². The summed E-state index contributed by atoms with van der Waals surface area (Å²) >= 11 is 0. The molecule has 10 heteroatoms. The average molecular weight is 483 g/mol. The zero-order valence-electron chi connectivity index (χ0n) is 19.6. The van der Waals surface area contributed by atoms with Crippen molar-refractivity contribution < 1.29 is 18.7 Å². The Morgan fingerprint density at radius 3 is 2.86 bits per heavy atom. The number of aliphatic hydroxyl groups is 1. The van der Waals surface area contributed by atoms with E-state index in [4.69, 9.17) is 5.26 Å². The topological polar surface area (TPSA) is 115 Å². The van der Waals surface area contributed by atoms with E-state index in [-0.39, 0.29) is 18.2 Å². The molecule has 0 aliphatic heterocycles. The summed E-state index contributed by atoms with van der Waals surface area (Å²) in [5.41, 5.74) is 1.37. The van der Waals surface area contributed by atoms with Gasteiger partial charge in [-0.25, -0.2) is 13.3 Å². The first-order chi connectivity index (χ1) is 16.7. The summed E-state index contributed by atoms with van der Waals surface area (Å²) in [4.78, 5) is 17.4. The number of rotatable bonds is 7. The van der Waals surface area contributed by atoms with Crippen molar-refractivity contribution in [2.24, 2.45) is 0 Å². The minimum atomic E-state index is -1.66. The number of amides is 1. The molecular formula is C25H28F2N6O2. The molecule has 0 radical (unpaired) electrons. The Balaban J connectivity index is 1.66. The monoisotopic (exact) mass is 482 g/mol. The highest BCUT2D eigenvalue weighted by Crippen LogP contribution is 2.29. The number of carbonyl (C=O) groups excluding carboxylic acids is 1. The lowest BCUT2D eigenvalue weighted by molar-refractivity contribution is -0.00177. The van der Waals surface area contributed by atoms with Crippen molar-refractivity contribution in [1.29, 1.82) is 5.26 Å². The van der Waals surface area contributed by atoms with E-state index in [9.17, 15) is 18.7 Å². The number of nitrogens with one attached hydrogen (secondary N) is 2. The summed E-state index contributed by atoms with van der Waals surface area (Å²) in [5, 5.41) is 29.0. The number of anilines is 1. The largest absolute Gasteiger partial charge is 0.387 e. The smallest absolute Gasteiger partial charge is 0.255 e. The first-order valence-electron chi connectivity index (χ1n) is 11.6. The van der Waals surface area contributed by atoms with E-state index in [0.717, 1.165) is 12.8 Å². The van der Waals surface area contributed by atoms with Crippen LogP contribution in [0.4, 0.5) is 14.5 Å². The van der Waals surface area contributed by atoms with Crippen LogP contribution in [0.3, 0.4) is 0 Å². The maximum absolute atomic E-state index is 14.2. The van der Waals surface area contributed by atoms with Crippen molar-refractivity contribution in [3.8, 4) is 17.5 Å². The first-order valence-corrected chi connectivity index (χ1v) is 11.6. The molecule has 3 aromatic heterocycles. The second kappa shape index (κ2) is 9.96. The molecule has 3 N–H and O–H groups in total. The Hall–Kier alpha value is -3.58. The van der Waals surface area contributed by atoms with Gasteiger partial charge in [-0.2, -0.15) is 10.4 Å². The lowest BCUT2D eigenvalue weighted by atomic mass is 9.93. The van der Waals surface area contributed by atoms with Gasteiger partial charge in [-0.3, -0.25) is 9.78 Å². The van der Waals surface area contributed by atoms with E-state index in [1.165, 1.54) is 26.2 Å². The minimum absolute atomic E-state index is 0.161. The number of nitrogens with zero attached hydrogens (tertiary/aromatic N) is 4. The molecule has 3 heterocycles. The molecule has 0 aromatic carbocycles. The van der Waals surface area contributed by atoms with E-state index < -0.39 is 23.9 Å². The summed E-state index contributed by atoms with van der Waals surface area (Å²) in [6, 6.07) is 8.92.